The standard InChI is InChI=1S/C5H12O4.4Na.4H/c6-1-5(2-7,3-8)4-9;;;;;;;;/h6-9H,1-4H2;;;;;;;;/q;4*+1;4*-1. The van der Waals surface area contributed by atoms with Crippen LogP contribution < -0.4 is 118 Å². The molecule has 0 aliphatic heterocycles. The van der Waals surface area contributed by atoms with Crippen molar-refractivity contribution in [2.75, 3.05) is 26.4 Å². The summed E-state index contributed by atoms with van der Waals surface area (Å²) < 4.78 is 0. The van der Waals surface area contributed by atoms with Gasteiger partial charge < -0.3 is 26.1 Å². The van der Waals surface area contributed by atoms with E-state index < -0.39 is 31.8 Å². The molecule has 0 aromatic carbocycles. The van der Waals surface area contributed by atoms with Gasteiger partial charge in [0.25, 0.3) is 0 Å². The summed E-state index contributed by atoms with van der Waals surface area (Å²) in [6, 6.07) is 0. The number of rotatable bonds is 4. The molecule has 0 aromatic rings. The molecule has 4 N–H and O–H groups in total. The van der Waals surface area contributed by atoms with Crippen LogP contribution in [-0.2, 0) is 0 Å². The summed E-state index contributed by atoms with van der Waals surface area (Å²) in [7, 11) is 0. The monoisotopic (exact) mass is 232 g/mol. The van der Waals surface area contributed by atoms with Crippen LogP contribution in [0.3, 0.4) is 0 Å². The van der Waals surface area contributed by atoms with E-state index in [-0.39, 0.29) is 124 Å². The summed E-state index contributed by atoms with van der Waals surface area (Å²) in [5, 5.41) is 34.0. The van der Waals surface area contributed by atoms with Gasteiger partial charge in [-0.15, -0.1) is 0 Å². The molecule has 8 heteroatoms. The van der Waals surface area contributed by atoms with E-state index in [0.717, 1.165) is 0 Å². The van der Waals surface area contributed by atoms with E-state index in [9.17, 15) is 0 Å². The van der Waals surface area contributed by atoms with E-state index in [1.807, 2.05) is 0 Å². The van der Waals surface area contributed by atoms with Crippen molar-refractivity contribution >= 4 is 0 Å². The molecule has 0 heterocycles. The Labute approximate surface area is 173 Å². The van der Waals surface area contributed by atoms with Crippen molar-refractivity contribution in [1.82, 2.24) is 0 Å². The Morgan fingerprint density at radius 3 is 0.769 bits per heavy atom. The van der Waals surface area contributed by atoms with Gasteiger partial charge in [-0.3, -0.25) is 0 Å². The van der Waals surface area contributed by atoms with E-state index >= 15 is 0 Å². The Morgan fingerprint density at radius 2 is 0.769 bits per heavy atom. The number of aliphatic hydroxyl groups excluding tert-OH is 4. The minimum Gasteiger partial charge on any atom is -1.00 e. The third-order valence-corrected chi connectivity index (χ3v) is 1.34. The van der Waals surface area contributed by atoms with Crippen molar-refractivity contribution in [3.63, 3.8) is 0 Å². The minimum atomic E-state index is -1.11. The number of aliphatic hydroxyl groups is 4. The average molecular weight is 232 g/mol. The first-order valence-electron chi connectivity index (χ1n) is 2.68. The van der Waals surface area contributed by atoms with Crippen LogP contribution in [0.1, 0.15) is 5.71 Å². The van der Waals surface area contributed by atoms with E-state index in [0.29, 0.717) is 0 Å². The molecule has 0 fully saturated rings. The Balaban J connectivity index is -0.0000000114. The van der Waals surface area contributed by atoms with Gasteiger partial charge in [0.05, 0.1) is 31.8 Å². The molecule has 0 saturated heterocycles. The minimum absolute atomic E-state index is 0. The first kappa shape index (κ1) is 30.1. The fraction of sp³-hybridized carbons (Fsp3) is 1.00. The first-order valence-corrected chi connectivity index (χ1v) is 2.68. The van der Waals surface area contributed by atoms with E-state index in [2.05, 4.69) is 0 Å². The number of hydrogen-bond donors (Lipinski definition) is 4. The molecule has 0 spiro atoms. The molecule has 0 rings (SSSR count). The van der Waals surface area contributed by atoms with E-state index in [1.54, 1.807) is 0 Å². The van der Waals surface area contributed by atoms with Crippen molar-refractivity contribution < 1.29 is 144 Å². The van der Waals surface area contributed by atoms with Crippen molar-refractivity contribution in [2.24, 2.45) is 5.41 Å². The van der Waals surface area contributed by atoms with Gasteiger partial charge in [0.15, 0.2) is 0 Å². The summed E-state index contributed by atoms with van der Waals surface area (Å²) in [5.41, 5.74) is -1.11. The summed E-state index contributed by atoms with van der Waals surface area (Å²) in [5.74, 6) is 0. The topological polar surface area (TPSA) is 80.9 Å². The summed E-state index contributed by atoms with van der Waals surface area (Å²) in [4.78, 5) is 0. The zero-order chi connectivity index (χ0) is 7.33. The fourth-order valence-electron chi connectivity index (χ4n) is 0.300. The molecular formula is C5H16Na4O4. The maximum Gasteiger partial charge on any atom is 1.00 e. The van der Waals surface area contributed by atoms with Gasteiger partial charge in [0.1, 0.15) is 0 Å². The second-order valence-corrected chi connectivity index (χ2v) is 2.13. The van der Waals surface area contributed by atoms with Gasteiger partial charge in [-0.1, -0.05) is 0 Å². The Kier molecular flexibility index (Phi) is 42.2. The molecule has 64 valence electrons. The Bertz CT molecular complexity index is 76.8. The molecule has 0 amide bonds. The van der Waals surface area contributed by atoms with Crippen LogP contribution in [0.15, 0.2) is 0 Å². The molecule has 0 bridgehead atoms. The Morgan fingerprint density at radius 1 is 0.615 bits per heavy atom. The third kappa shape index (κ3) is 12.1. The van der Waals surface area contributed by atoms with Crippen molar-refractivity contribution in [3.8, 4) is 0 Å². The molecule has 0 aliphatic carbocycles. The van der Waals surface area contributed by atoms with Gasteiger partial charge in [0, 0.05) is 0 Å². The molecule has 0 aliphatic rings. The second-order valence-electron chi connectivity index (χ2n) is 2.13. The predicted molar refractivity (Wildman–Crippen MR) is 35.2 cm³/mol. The smallest absolute Gasteiger partial charge is 1.00 e. The van der Waals surface area contributed by atoms with E-state index in [1.165, 1.54) is 0 Å². The van der Waals surface area contributed by atoms with Crippen LogP contribution in [-0.4, -0.2) is 46.9 Å². The fourth-order valence-corrected chi connectivity index (χ4v) is 0.300. The van der Waals surface area contributed by atoms with Crippen molar-refractivity contribution in [2.45, 2.75) is 0 Å². The Hall–Kier alpha value is 3.84. The number of hydrogen-bond acceptors (Lipinski definition) is 4. The normalized spacial score (nSPS) is 8.31. The summed E-state index contributed by atoms with van der Waals surface area (Å²) in [6.07, 6.45) is 0. The van der Waals surface area contributed by atoms with Crippen LogP contribution in [0.2, 0.25) is 0 Å². The van der Waals surface area contributed by atoms with Crippen LogP contribution in [0, 0.1) is 5.41 Å². The quantitative estimate of drug-likeness (QED) is 0.363. The summed E-state index contributed by atoms with van der Waals surface area (Å²) >= 11 is 0. The third-order valence-electron chi connectivity index (χ3n) is 1.34. The zero-order valence-corrected chi connectivity index (χ0v) is 17.1. The molecule has 0 radical (unpaired) electrons. The van der Waals surface area contributed by atoms with Gasteiger partial charge in [-0.25, -0.2) is 0 Å². The van der Waals surface area contributed by atoms with Crippen molar-refractivity contribution in [3.05, 3.63) is 0 Å². The van der Waals surface area contributed by atoms with Crippen LogP contribution in [0.25, 0.3) is 0 Å². The van der Waals surface area contributed by atoms with E-state index in [4.69, 9.17) is 20.4 Å². The van der Waals surface area contributed by atoms with Crippen LogP contribution >= 0.6 is 0 Å². The molecule has 4 nitrogen and oxygen atoms in total. The van der Waals surface area contributed by atoms with Gasteiger partial charge in [-0.05, 0) is 0 Å². The molecule has 0 aromatic heterocycles. The zero-order valence-electron chi connectivity index (χ0n) is 13.1. The molecular weight excluding hydrogens is 216 g/mol. The molecule has 0 atom stereocenters. The molecule has 0 saturated carbocycles. The predicted octanol–water partition coefficient (Wildman–Crippen LogP) is -13.6. The summed E-state index contributed by atoms with van der Waals surface area (Å²) in [6.45, 7) is -1.62. The maximum atomic E-state index is 8.50. The maximum absolute atomic E-state index is 8.50. The first-order chi connectivity index (χ1) is 4.24. The largest absolute Gasteiger partial charge is 1.00 e. The van der Waals surface area contributed by atoms with Gasteiger partial charge >= 0.3 is 118 Å². The average Bonchev–Trinajstić information content (AvgIpc) is 1.95. The van der Waals surface area contributed by atoms with Crippen molar-refractivity contribution in [1.29, 1.82) is 0 Å². The molecule has 13 heavy (non-hydrogen) atoms. The molecule has 0 unspecified atom stereocenters. The van der Waals surface area contributed by atoms with Gasteiger partial charge in [0.2, 0.25) is 0 Å². The van der Waals surface area contributed by atoms with Crippen LogP contribution in [0.4, 0.5) is 0 Å². The van der Waals surface area contributed by atoms with Gasteiger partial charge in [-0.2, -0.15) is 0 Å². The van der Waals surface area contributed by atoms with Crippen LogP contribution in [0.5, 0.6) is 0 Å². The second kappa shape index (κ2) is 18.2. The SMILES string of the molecule is OCC(CO)(CO)CO.[H-].[H-].[H-].[H-].[Na+].[Na+].[Na+].[Na+].